The van der Waals surface area contributed by atoms with E-state index in [0.29, 0.717) is 5.92 Å². The summed E-state index contributed by atoms with van der Waals surface area (Å²) in [6, 6.07) is 10.7. The van der Waals surface area contributed by atoms with Crippen molar-refractivity contribution in [3.05, 3.63) is 35.9 Å². The van der Waals surface area contributed by atoms with Gasteiger partial charge >= 0.3 is 0 Å². The molecule has 0 aliphatic carbocycles. The zero-order chi connectivity index (χ0) is 13.5. The highest BCUT2D eigenvalue weighted by atomic mass is 32.1. The van der Waals surface area contributed by atoms with Crippen molar-refractivity contribution in [2.24, 2.45) is 0 Å². The standard InChI is InChI=1S/C15H22N2OS/c1-18-11-5-9-16-15(19)17-10-8-14(12-17)13-6-3-2-4-7-13/h2-4,6-7,14H,5,8-12H2,1H3,(H,16,19). The number of hydrogen-bond acceptors (Lipinski definition) is 2. The molecule has 0 spiro atoms. The molecule has 104 valence electrons. The maximum Gasteiger partial charge on any atom is 0.168 e. The molecule has 19 heavy (non-hydrogen) atoms. The Kier molecular flexibility index (Phi) is 5.61. The lowest BCUT2D eigenvalue weighted by atomic mass is 9.99. The van der Waals surface area contributed by atoms with Crippen molar-refractivity contribution in [1.82, 2.24) is 10.2 Å². The summed E-state index contributed by atoms with van der Waals surface area (Å²) in [5.41, 5.74) is 1.42. The monoisotopic (exact) mass is 278 g/mol. The summed E-state index contributed by atoms with van der Waals surface area (Å²) in [6.07, 6.45) is 2.18. The van der Waals surface area contributed by atoms with Gasteiger partial charge in [-0.2, -0.15) is 0 Å². The summed E-state index contributed by atoms with van der Waals surface area (Å²) < 4.78 is 5.03. The third-order valence-corrected chi connectivity index (χ3v) is 3.95. The number of nitrogens with one attached hydrogen (secondary N) is 1. The number of ether oxygens (including phenoxy) is 1. The van der Waals surface area contributed by atoms with Gasteiger partial charge in [0, 0.05) is 39.3 Å². The number of hydrogen-bond donors (Lipinski definition) is 1. The van der Waals surface area contributed by atoms with Crippen LogP contribution in [0.25, 0.3) is 0 Å². The third kappa shape index (κ3) is 4.18. The normalized spacial score (nSPS) is 18.6. The predicted octanol–water partition coefficient (Wildman–Crippen LogP) is 2.39. The van der Waals surface area contributed by atoms with Crippen LogP contribution < -0.4 is 5.32 Å². The van der Waals surface area contributed by atoms with Crippen molar-refractivity contribution in [2.75, 3.05) is 33.4 Å². The van der Waals surface area contributed by atoms with E-state index < -0.39 is 0 Å². The highest BCUT2D eigenvalue weighted by molar-refractivity contribution is 7.80. The van der Waals surface area contributed by atoms with E-state index in [2.05, 4.69) is 40.5 Å². The van der Waals surface area contributed by atoms with Crippen LogP contribution in [-0.4, -0.2) is 43.4 Å². The van der Waals surface area contributed by atoms with Crippen LogP contribution >= 0.6 is 12.2 Å². The molecular formula is C15H22N2OS. The topological polar surface area (TPSA) is 24.5 Å². The molecule has 1 aromatic rings. The van der Waals surface area contributed by atoms with Crippen LogP contribution in [0.15, 0.2) is 30.3 Å². The minimum atomic E-state index is 0.611. The molecule has 4 heteroatoms. The lowest BCUT2D eigenvalue weighted by molar-refractivity contribution is 0.195. The molecule has 0 amide bonds. The fraction of sp³-hybridized carbons (Fsp3) is 0.533. The quantitative estimate of drug-likeness (QED) is 0.660. The summed E-state index contributed by atoms with van der Waals surface area (Å²) in [7, 11) is 1.73. The second-order valence-corrected chi connectivity index (χ2v) is 5.31. The summed E-state index contributed by atoms with van der Waals surface area (Å²) in [4.78, 5) is 2.28. The van der Waals surface area contributed by atoms with Crippen LogP contribution in [0.1, 0.15) is 24.3 Å². The molecule has 0 aromatic heterocycles. The van der Waals surface area contributed by atoms with Crippen LogP contribution in [-0.2, 0) is 4.74 Å². The van der Waals surface area contributed by atoms with E-state index >= 15 is 0 Å². The molecule has 1 aromatic carbocycles. The molecule has 0 radical (unpaired) electrons. The van der Waals surface area contributed by atoms with Gasteiger partial charge in [0.15, 0.2) is 5.11 Å². The number of thiocarbonyl (C=S) groups is 1. The SMILES string of the molecule is COCCCNC(=S)N1CCC(c2ccccc2)C1. The minimum absolute atomic E-state index is 0.611. The fourth-order valence-electron chi connectivity index (χ4n) is 2.47. The van der Waals surface area contributed by atoms with E-state index in [-0.39, 0.29) is 0 Å². The zero-order valence-corrected chi connectivity index (χ0v) is 12.3. The maximum atomic E-state index is 5.44. The Balaban J connectivity index is 1.77. The highest BCUT2D eigenvalue weighted by Crippen LogP contribution is 2.26. The van der Waals surface area contributed by atoms with Crippen molar-refractivity contribution in [3.8, 4) is 0 Å². The minimum Gasteiger partial charge on any atom is -0.385 e. The average molecular weight is 278 g/mol. The van der Waals surface area contributed by atoms with E-state index in [1.807, 2.05) is 0 Å². The number of benzene rings is 1. The first kappa shape index (κ1) is 14.3. The second kappa shape index (κ2) is 7.46. The van der Waals surface area contributed by atoms with E-state index in [9.17, 15) is 0 Å². The maximum absolute atomic E-state index is 5.44. The molecule has 2 rings (SSSR count). The molecule has 1 aliphatic heterocycles. The molecule has 1 saturated heterocycles. The van der Waals surface area contributed by atoms with Crippen LogP contribution in [0.2, 0.25) is 0 Å². The number of methoxy groups -OCH3 is 1. The molecule has 1 aliphatic rings. The van der Waals surface area contributed by atoms with Crippen molar-refractivity contribution in [1.29, 1.82) is 0 Å². The van der Waals surface area contributed by atoms with Crippen molar-refractivity contribution >= 4 is 17.3 Å². The first-order chi connectivity index (χ1) is 9.31. The van der Waals surface area contributed by atoms with Crippen molar-refractivity contribution in [2.45, 2.75) is 18.8 Å². The molecule has 1 unspecified atom stereocenters. The Morgan fingerprint density at radius 3 is 2.95 bits per heavy atom. The van der Waals surface area contributed by atoms with Crippen LogP contribution in [0.5, 0.6) is 0 Å². The molecule has 3 nitrogen and oxygen atoms in total. The lowest BCUT2D eigenvalue weighted by Gasteiger charge is -2.20. The fourth-order valence-corrected chi connectivity index (χ4v) is 2.73. The van der Waals surface area contributed by atoms with Gasteiger partial charge in [0.25, 0.3) is 0 Å². The van der Waals surface area contributed by atoms with Gasteiger partial charge in [-0.15, -0.1) is 0 Å². The second-order valence-electron chi connectivity index (χ2n) is 4.92. The molecule has 1 atom stereocenters. The van der Waals surface area contributed by atoms with Crippen molar-refractivity contribution < 1.29 is 4.74 Å². The summed E-state index contributed by atoms with van der Waals surface area (Å²) in [5, 5.41) is 4.19. The molecule has 0 bridgehead atoms. The Hall–Kier alpha value is -1.13. The van der Waals surface area contributed by atoms with Crippen LogP contribution in [0.3, 0.4) is 0 Å². The first-order valence-electron chi connectivity index (χ1n) is 6.88. The Morgan fingerprint density at radius 1 is 1.42 bits per heavy atom. The van der Waals surface area contributed by atoms with E-state index in [4.69, 9.17) is 17.0 Å². The number of likely N-dealkylation sites (tertiary alicyclic amines) is 1. The average Bonchev–Trinajstić information content (AvgIpc) is 2.94. The molecule has 1 N–H and O–H groups in total. The Bertz CT molecular complexity index is 396. The van der Waals surface area contributed by atoms with Crippen LogP contribution in [0.4, 0.5) is 0 Å². The Labute approximate surface area is 120 Å². The van der Waals surface area contributed by atoms with Gasteiger partial charge in [0.1, 0.15) is 0 Å². The van der Waals surface area contributed by atoms with Gasteiger partial charge in [-0.25, -0.2) is 0 Å². The molecule has 1 heterocycles. The summed E-state index contributed by atoms with van der Waals surface area (Å²) in [6.45, 7) is 3.75. The largest absolute Gasteiger partial charge is 0.385 e. The van der Waals surface area contributed by atoms with Gasteiger partial charge in [-0.1, -0.05) is 30.3 Å². The lowest BCUT2D eigenvalue weighted by Crippen LogP contribution is -2.38. The van der Waals surface area contributed by atoms with Gasteiger partial charge in [-0.3, -0.25) is 0 Å². The number of rotatable bonds is 5. The summed E-state index contributed by atoms with van der Waals surface area (Å²) in [5.74, 6) is 0.611. The van der Waals surface area contributed by atoms with E-state index in [1.165, 1.54) is 12.0 Å². The molecule has 0 saturated carbocycles. The Morgan fingerprint density at radius 2 is 2.21 bits per heavy atom. The zero-order valence-electron chi connectivity index (χ0n) is 11.5. The van der Waals surface area contributed by atoms with Gasteiger partial charge in [0.05, 0.1) is 0 Å². The molecule has 1 fully saturated rings. The van der Waals surface area contributed by atoms with Gasteiger partial charge in [-0.05, 0) is 30.6 Å². The summed E-state index contributed by atoms with van der Waals surface area (Å²) >= 11 is 5.44. The molecular weight excluding hydrogens is 256 g/mol. The van der Waals surface area contributed by atoms with Gasteiger partial charge < -0.3 is 15.0 Å². The third-order valence-electron chi connectivity index (χ3n) is 3.55. The van der Waals surface area contributed by atoms with Crippen molar-refractivity contribution in [3.63, 3.8) is 0 Å². The highest BCUT2D eigenvalue weighted by Gasteiger charge is 2.24. The predicted molar refractivity (Wildman–Crippen MR) is 82.5 cm³/mol. The first-order valence-corrected chi connectivity index (χ1v) is 7.28. The number of nitrogens with zero attached hydrogens (tertiary/aromatic N) is 1. The smallest absolute Gasteiger partial charge is 0.168 e. The van der Waals surface area contributed by atoms with E-state index in [0.717, 1.165) is 37.8 Å². The van der Waals surface area contributed by atoms with Gasteiger partial charge in [0.2, 0.25) is 0 Å². The van der Waals surface area contributed by atoms with Crippen LogP contribution in [0, 0.1) is 0 Å². The van der Waals surface area contributed by atoms with E-state index in [1.54, 1.807) is 7.11 Å².